The average molecular weight is 264 g/mol. The molecule has 1 heterocycles. The largest absolute Gasteiger partial charge is 0.496 e. The highest BCUT2D eigenvalue weighted by molar-refractivity contribution is 6.30. The van der Waals surface area contributed by atoms with Crippen molar-refractivity contribution in [1.29, 1.82) is 0 Å². The van der Waals surface area contributed by atoms with Gasteiger partial charge in [-0.05, 0) is 24.3 Å². The molecule has 1 aromatic carbocycles. The Kier molecular flexibility index (Phi) is 4.50. The van der Waals surface area contributed by atoms with E-state index in [9.17, 15) is 0 Å². The summed E-state index contributed by atoms with van der Waals surface area (Å²) in [6, 6.07) is 7.45. The van der Waals surface area contributed by atoms with E-state index in [1.54, 1.807) is 13.3 Å². The van der Waals surface area contributed by atoms with Crippen molar-refractivity contribution in [1.82, 2.24) is 15.3 Å². The fourth-order valence-electron chi connectivity index (χ4n) is 1.63. The molecular formula is C13H14ClN3O. The Labute approximate surface area is 111 Å². The molecule has 0 aliphatic rings. The second kappa shape index (κ2) is 6.33. The van der Waals surface area contributed by atoms with Gasteiger partial charge in [0.05, 0.1) is 12.8 Å². The molecule has 0 saturated heterocycles. The molecular weight excluding hydrogens is 250 g/mol. The van der Waals surface area contributed by atoms with Crippen LogP contribution in [0.25, 0.3) is 0 Å². The minimum absolute atomic E-state index is 0.674. The van der Waals surface area contributed by atoms with Gasteiger partial charge in [-0.2, -0.15) is 0 Å². The monoisotopic (exact) mass is 263 g/mol. The fourth-order valence-corrected chi connectivity index (χ4v) is 1.83. The lowest BCUT2D eigenvalue weighted by Gasteiger charge is -2.09. The topological polar surface area (TPSA) is 47.0 Å². The van der Waals surface area contributed by atoms with Crippen LogP contribution < -0.4 is 10.1 Å². The van der Waals surface area contributed by atoms with Crippen LogP contribution in [-0.2, 0) is 13.1 Å². The predicted octanol–water partition coefficient (Wildman–Crippen LogP) is 2.43. The summed E-state index contributed by atoms with van der Waals surface area (Å²) in [5, 5.41) is 3.99. The van der Waals surface area contributed by atoms with Gasteiger partial charge in [0.1, 0.15) is 12.1 Å². The maximum atomic E-state index is 5.97. The lowest BCUT2D eigenvalue weighted by atomic mass is 10.2. The van der Waals surface area contributed by atoms with Crippen LogP contribution in [-0.4, -0.2) is 17.1 Å². The van der Waals surface area contributed by atoms with Crippen molar-refractivity contribution in [2.75, 3.05) is 7.11 Å². The molecule has 4 nitrogen and oxygen atoms in total. The first-order chi connectivity index (χ1) is 8.79. The van der Waals surface area contributed by atoms with Crippen molar-refractivity contribution in [3.8, 4) is 5.75 Å². The highest BCUT2D eigenvalue weighted by Crippen LogP contribution is 2.22. The van der Waals surface area contributed by atoms with Gasteiger partial charge in [-0.3, -0.25) is 0 Å². The Morgan fingerprint density at radius 2 is 2.17 bits per heavy atom. The summed E-state index contributed by atoms with van der Waals surface area (Å²) in [4.78, 5) is 8.01. The molecule has 0 atom stereocenters. The van der Waals surface area contributed by atoms with Crippen molar-refractivity contribution in [2.24, 2.45) is 0 Å². The van der Waals surface area contributed by atoms with Gasteiger partial charge in [-0.1, -0.05) is 11.6 Å². The van der Waals surface area contributed by atoms with Crippen molar-refractivity contribution in [3.05, 3.63) is 53.1 Å². The summed E-state index contributed by atoms with van der Waals surface area (Å²) in [5.41, 5.74) is 1.98. The summed E-state index contributed by atoms with van der Waals surface area (Å²) in [7, 11) is 1.65. The smallest absolute Gasteiger partial charge is 0.123 e. The maximum absolute atomic E-state index is 5.97. The number of ether oxygens (including phenoxy) is 1. The van der Waals surface area contributed by atoms with E-state index in [-0.39, 0.29) is 0 Å². The van der Waals surface area contributed by atoms with Crippen LogP contribution in [0.3, 0.4) is 0 Å². The van der Waals surface area contributed by atoms with Gasteiger partial charge < -0.3 is 10.1 Å². The van der Waals surface area contributed by atoms with E-state index >= 15 is 0 Å². The molecule has 0 unspecified atom stereocenters. The Bertz CT molecular complexity index is 505. The van der Waals surface area contributed by atoms with Gasteiger partial charge in [-0.25, -0.2) is 9.97 Å². The zero-order chi connectivity index (χ0) is 12.8. The second-order valence-electron chi connectivity index (χ2n) is 3.76. The van der Waals surface area contributed by atoms with E-state index in [1.807, 2.05) is 24.3 Å². The Morgan fingerprint density at radius 1 is 1.28 bits per heavy atom. The number of methoxy groups -OCH3 is 1. The lowest BCUT2D eigenvalue weighted by molar-refractivity contribution is 0.407. The quantitative estimate of drug-likeness (QED) is 0.900. The molecule has 2 rings (SSSR count). The lowest BCUT2D eigenvalue weighted by Crippen LogP contribution is -2.14. The molecule has 94 valence electrons. The van der Waals surface area contributed by atoms with Gasteiger partial charge in [0.2, 0.25) is 0 Å². The molecule has 2 aromatic rings. The van der Waals surface area contributed by atoms with E-state index in [4.69, 9.17) is 16.3 Å². The van der Waals surface area contributed by atoms with Crippen LogP contribution in [0, 0.1) is 0 Å². The average Bonchev–Trinajstić information content (AvgIpc) is 2.40. The molecule has 18 heavy (non-hydrogen) atoms. The van der Waals surface area contributed by atoms with E-state index in [0.717, 1.165) is 17.0 Å². The first-order valence-electron chi connectivity index (χ1n) is 5.57. The van der Waals surface area contributed by atoms with E-state index in [2.05, 4.69) is 15.3 Å². The number of hydrogen-bond donors (Lipinski definition) is 1. The van der Waals surface area contributed by atoms with Crippen molar-refractivity contribution in [2.45, 2.75) is 13.1 Å². The number of aromatic nitrogens is 2. The van der Waals surface area contributed by atoms with Crippen LogP contribution >= 0.6 is 11.6 Å². The second-order valence-corrected chi connectivity index (χ2v) is 4.20. The predicted molar refractivity (Wildman–Crippen MR) is 70.6 cm³/mol. The number of rotatable bonds is 5. The molecule has 0 amide bonds. The third-order valence-corrected chi connectivity index (χ3v) is 2.74. The molecule has 0 radical (unpaired) electrons. The molecule has 0 bridgehead atoms. The van der Waals surface area contributed by atoms with Gasteiger partial charge >= 0.3 is 0 Å². The summed E-state index contributed by atoms with van der Waals surface area (Å²) in [5.74, 6) is 0.828. The van der Waals surface area contributed by atoms with Crippen LogP contribution in [0.1, 0.15) is 11.3 Å². The molecule has 0 aliphatic carbocycles. The first-order valence-corrected chi connectivity index (χ1v) is 5.95. The van der Waals surface area contributed by atoms with Gasteiger partial charge in [0.15, 0.2) is 0 Å². The normalized spacial score (nSPS) is 10.3. The van der Waals surface area contributed by atoms with Crippen LogP contribution in [0.2, 0.25) is 5.02 Å². The summed E-state index contributed by atoms with van der Waals surface area (Å²) >= 11 is 5.97. The molecule has 0 fully saturated rings. The van der Waals surface area contributed by atoms with Crippen LogP contribution in [0.15, 0.2) is 36.8 Å². The first kappa shape index (κ1) is 12.8. The van der Waals surface area contributed by atoms with Gasteiger partial charge in [0, 0.05) is 29.9 Å². The van der Waals surface area contributed by atoms with Gasteiger partial charge in [-0.15, -0.1) is 0 Å². The SMILES string of the molecule is COc1ccc(Cl)cc1CNCc1ccncn1. The third-order valence-electron chi connectivity index (χ3n) is 2.51. The minimum atomic E-state index is 0.674. The van der Waals surface area contributed by atoms with E-state index < -0.39 is 0 Å². The third kappa shape index (κ3) is 3.42. The summed E-state index contributed by atoms with van der Waals surface area (Å²) in [6.07, 6.45) is 3.26. The fraction of sp³-hybridized carbons (Fsp3) is 0.231. The minimum Gasteiger partial charge on any atom is -0.496 e. The Hall–Kier alpha value is -1.65. The van der Waals surface area contributed by atoms with Crippen molar-refractivity contribution >= 4 is 11.6 Å². The van der Waals surface area contributed by atoms with Crippen molar-refractivity contribution < 1.29 is 4.74 Å². The maximum Gasteiger partial charge on any atom is 0.123 e. The van der Waals surface area contributed by atoms with Crippen molar-refractivity contribution in [3.63, 3.8) is 0 Å². The molecule has 0 aliphatic heterocycles. The number of nitrogens with zero attached hydrogens (tertiary/aromatic N) is 2. The number of nitrogens with one attached hydrogen (secondary N) is 1. The molecule has 1 aromatic heterocycles. The molecule has 0 spiro atoms. The van der Waals surface area contributed by atoms with Crippen LogP contribution in [0.4, 0.5) is 0 Å². The summed E-state index contributed by atoms with van der Waals surface area (Å²) < 4.78 is 5.28. The molecule has 5 heteroatoms. The van der Waals surface area contributed by atoms with Crippen LogP contribution in [0.5, 0.6) is 5.75 Å². The number of hydrogen-bond acceptors (Lipinski definition) is 4. The van der Waals surface area contributed by atoms with Gasteiger partial charge in [0.25, 0.3) is 0 Å². The van der Waals surface area contributed by atoms with E-state index in [0.29, 0.717) is 18.1 Å². The highest BCUT2D eigenvalue weighted by Gasteiger charge is 2.03. The number of halogens is 1. The molecule has 0 saturated carbocycles. The Balaban J connectivity index is 1.96. The summed E-state index contributed by atoms with van der Waals surface area (Å²) in [6.45, 7) is 1.35. The zero-order valence-corrected chi connectivity index (χ0v) is 10.8. The zero-order valence-electron chi connectivity index (χ0n) is 10.1. The number of benzene rings is 1. The van der Waals surface area contributed by atoms with E-state index in [1.165, 1.54) is 6.33 Å². The highest BCUT2D eigenvalue weighted by atomic mass is 35.5. The standard InChI is InChI=1S/C13H14ClN3O/c1-18-13-3-2-11(14)6-10(13)7-16-8-12-4-5-15-9-17-12/h2-6,9,16H,7-8H2,1H3. The molecule has 1 N–H and O–H groups in total. The Morgan fingerprint density at radius 3 is 2.89 bits per heavy atom.